The molecule has 18 heavy (non-hydrogen) atoms. The number of carbonyl (C=O) groups excluding carboxylic acids is 1. The predicted octanol–water partition coefficient (Wildman–Crippen LogP) is -2.20. The second kappa shape index (κ2) is 6.78. The molecule has 0 atom stereocenters. The zero-order chi connectivity index (χ0) is 12.1. The monoisotopic (exact) mass is 275 g/mol. The van der Waals surface area contributed by atoms with Gasteiger partial charge in [-0.15, -0.1) is 0 Å². The van der Waals surface area contributed by atoms with Gasteiger partial charge < -0.3 is 30.8 Å². The van der Waals surface area contributed by atoms with Gasteiger partial charge in [0.15, 0.2) is 12.3 Å². The van der Waals surface area contributed by atoms with Crippen LogP contribution in [0.5, 0.6) is 0 Å². The predicted molar refractivity (Wildman–Crippen MR) is 60.1 cm³/mol. The van der Waals surface area contributed by atoms with Crippen LogP contribution in [0.25, 0.3) is 0 Å². The zero-order valence-electron chi connectivity index (χ0n) is 10.4. The number of nitrogens with zero attached hydrogens (tertiary/aromatic N) is 1. The van der Waals surface area contributed by atoms with E-state index in [-0.39, 0.29) is 18.4 Å². The highest BCUT2D eigenvalue weighted by molar-refractivity contribution is 5.70. The summed E-state index contributed by atoms with van der Waals surface area (Å²) in [5.41, 5.74) is 0. The molecular formula is C12H18ClNO4. The Labute approximate surface area is 113 Å². The number of carbonyl (C=O) groups is 1. The van der Waals surface area contributed by atoms with Gasteiger partial charge >= 0.3 is 5.97 Å². The van der Waals surface area contributed by atoms with Crippen molar-refractivity contribution >= 4 is 5.97 Å². The molecule has 0 amide bonds. The first-order valence-corrected chi connectivity index (χ1v) is 5.76. The van der Waals surface area contributed by atoms with Crippen molar-refractivity contribution in [1.29, 1.82) is 0 Å². The second-order valence-electron chi connectivity index (χ2n) is 4.37. The van der Waals surface area contributed by atoms with Crippen molar-refractivity contribution < 1.29 is 35.6 Å². The molecule has 0 N–H and O–H groups in total. The molecule has 1 aliphatic rings. The number of morpholine rings is 1. The van der Waals surface area contributed by atoms with Gasteiger partial charge in [0.05, 0.1) is 26.6 Å². The first-order valence-electron chi connectivity index (χ1n) is 5.76. The van der Waals surface area contributed by atoms with Gasteiger partial charge in [0.1, 0.15) is 19.6 Å². The number of hydrogen-bond donors (Lipinski definition) is 0. The maximum Gasteiger partial charge on any atom is 0.361 e. The minimum absolute atomic E-state index is 0. The highest BCUT2D eigenvalue weighted by Crippen LogP contribution is 2.18. The number of quaternary nitrogens is 1. The minimum atomic E-state index is -0.182. The van der Waals surface area contributed by atoms with Crippen molar-refractivity contribution in [3.8, 4) is 0 Å². The van der Waals surface area contributed by atoms with E-state index in [0.717, 1.165) is 18.8 Å². The number of ether oxygens (including phenoxy) is 2. The maximum absolute atomic E-state index is 11.5. The van der Waals surface area contributed by atoms with Gasteiger partial charge in [-0.25, -0.2) is 4.79 Å². The van der Waals surface area contributed by atoms with E-state index in [1.165, 1.54) is 7.11 Å². The van der Waals surface area contributed by atoms with E-state index in [1.807, 2.05) is 12.1 Å². The Morgan fingerprint density at radius 1 is 1.44 bits per heavy atom. The molecule has 102 valence electrons. The van der Waals surface area contributed by atoms with E-state index in [2.05, 4.69) is 0 Å². The van der Waals surface area contributed by atoms with Gasteiger partial charge in [-0.1, -0.05) is 0 Å². The molecule has 0 unspecified atom stereocenters. The lowest BCUT2D eigenvalue weighted by atomic mass is 10.2. The van der Waals surface area contributed by atoms with Crippen LogP contribution in [0.4, 0.5) is 0 Å². The molecule has 2 rings (SSSR count). The Hall–Kier alpha value is -1.04. The number of esters is 1. The molecule has 2 heterocycles. The van der Waals surface area contributed by atoms with Gasteiger partial charge in [0, 0.05) is 0 Å². The maximum atomic E-state index is 11.5. The summed E-state index contributed by atoms with van der Waals surface area (Å²) < 4.78 is 16.2. The van der Waals surface area contributed by atoms with E-state index >= 15 is 0 Å². The molecule has 0 bridgehead atoms. The molecule has 5 nitrogen and oxygen atoms in total. The number of methoxy groups -OCH3 is 1. The van der Waals surface area contributed by atoms with Gasteiger partial charge in [-0.2, -0.15) is 0 Å². The fourth-order valence-electron chi connectivity index (χ4n) is 2.17. The van der Waals surface area contributed by atoms with Crippen molar-refractivity contribution in [2.24, 2.45) is 0 Å². The second-order valence-corrected chi connectivity index (χ2v) is 4.37. The molecule has 0 aromatic carbocycles. The van der Waals surface area contributed by atoms with Crippen LogP contribution in [0.1, 0.15) is 5.76 Å². The molecule has 0 spiro atoms. The summed E-state index contributed by atoms with van der Waals surface area (Å²) in [6.07, 6.45) is 1.66. The first kappa shape index (κ1) is 15.0. The van der Waals surface area contributed by atoms with Crippen LogP contribution < -0.4 is 12.4 Å². The molecule has 0 saturated carbocycles. The summed E-state index contributed by atoms with van der Waals surface area (Å²) in [7, 11) is 1.42. The highest BCUT2D eigenvalue weighted by atomic mass is 35.5. The average Bonchev–Trinajstić information content (AvgIpc) is 2.82. The Bertz CT molecular complexity index is 360. The molecular weight excluding hydrogens is 258 g/mol. The van der Waals surface area contributed by atoms with Gasteiger partial charge in [-0.05, 0) is 12.1 Å². The standard InChI is InChI=1S/C12H18NO4.ClH/c1-15-12(14)10-13(4-7-16-8-5-13)9-11-3-2-6-17-11;/h2-3,6H,4-5,7-10H2,1H3;1H/q+1;/p-1. The van der Waals surface area contributed by atoms with Crippen molar-refractivity contribution in [3.63, 3.8) is 0 Å². The summed E-state index contributed by atoms with van der Waals surface area (Å²) in [6, 6.07) is 3.80. The topological polar surface area (TPSA) is 48.7 Å². The van der Waals surface area contributed by atoms with Crippen molar-refractivity contribution in [2.75, 3.05) is 40.0 Å². The van der Waals surface area contributed by atoms with Crippen molar-refractivity contribution in [3.05, 3.63) is 24.2 Å². The van der Waals surface area contributed by atoms with E-state index < -0.39 is 0 Å². The molecule has 1 aliphatic heterocycles. The van der Waals surface area contributed by atoms with E-state index in [9.17, 15) is 4.79 Å². The van der Waals surface area contributed by atoms with E-state index in [4.69, 9.17) is 13.9 Å². The van der Waals surface area contributed by atoms with Crippen molar-refractivity contribution in [1.82, 2.24) is 0 Å². The van der Waals surface area contributed by atoms with Crippen LogP contribution in [-0.2, 0) is 20.8 Å². The summed E-state index contributed by atoms with van der Waals surface area (Å²) in [5.74, 6) is 0.717. The fraction of sp³-hybridized carbons (Fsp3) is 0.583. The molecule has 1 fully saturated rings. The average molecular weight is 276 g/mol. The molecule has 6 heteroatoms. The van der Waals surface area contributed by atoms with Gasteiger partial charge in [0.2, 0.25) is 0 Å². The van der Waals surface area contributed by atoms with Crippen LogP contribution in [0.15, 0.2) is 22.8 Å². The number of hydrogen-bond acceptors (Lipinski definition) is 4. The van der Waals surface area contributed by atoms with Crippen molar-refractivity contribution in [2.45, 2.75) is 6.54 Å². The SMILES string of the molecule is COC(=O)C[N+]1(Cc2ccco2)CCOCC1.[Cl-]. The van der Waals surface area contributed by atoms with Crippen LogP contribution in [0, 0.1) is 0 Å². The molecule has 0 radical (unpaired) electrons. The van der Waals surface area contributed by atoms with Crippen LogP contribution in [-0.4, -0.2) is 50.4 Å². The van der Waals surface area contributed by atoms with E-state index in [0.29, 0.717) is 30.8 Å². The zero-order valence-corrected chi connectivity index (χ0v) is 11.2. The summed E-state index contributed by atoms with van der Waals surface area (Å²) in [6.45, 7) is 4.08. The van der Waals surface area contributed by atoms with E-state index in [1.54, 1.807) is 6.26 Å². The van der Waals surface area contributed by atoms with Crippen LogP contribution in [0.3, 0.4) is 0 Å². The fourth-order valence-corrected chi connectivity index (χ4v) is 2.17. The third-order valence-electron chi connectivity index (χ3n) is 3.18. The Morgan fingerprint density at radius 2 is 2.17 bits per heavy atom. The number of rotatable bonds is 4. The number of furan rings is 1. The minimum Gasteiger partial charge on any atom is -1.00 e. The molecule has 1 saturated heterocycles. The lowest BCUT2D eigenvalue weighted by Gasteiger charge is -2.39. The summed E-state index contributed by atoms with van der Waals surface area (Å²) in [5, 5.41) is 0. The smallest absolute Gasteiger partial charge is 0.361 e. The Morgan fingerprint density at radius 3 is 2.72 bits per heavy atom. The van der Waals surface area contributed by atoms with Crippen LogP contribution >= 0.6 is 0 Å². The first-order chi connectivity index (χ1) is 8.24. The third-order valence-corrected chi connectivity index (χ3v) is 3.18. The lowest BCUT2D eigenvalue weighted by Crippen LogP contribution is -3.00. The molecule has 0 aliphatic carbocycles. The normalized spacial score (nSPS) is 17.8. The Balaban J connectivity index is 0.00000162. The summed E-state index contributed by atoms with van der Waals surface area (Å²) in [4.78, 5) is 11.5. The molecule has 1 aromatic heterocycles. The lowest BCUT2D eigenvalue weighted by molar-refractivity contribution is -0.941. The third kappa shape index (κ3) is 3.73. The summed E-state index contributed by atoms with van der Waals surface area (Å²) >= 11 is 0. The van der Waals surface area contributed by atoms with Gasteiger partial charge in [0.25, 0.3) is 0 Å². The highest BCUT2D eigenvalue weighted by Gasteiger charge is 2.34. The molecule has 1 aromatic rings. The quantitative estimate of drug-likeness (QED) is 0.462. The number of halogens is 1. The van der Waals surface area contributed by atoms with Crippen LogP contribution in [0.2, 0.25) is 0 Å². The van der Waals surface area contributed by atoms with Gasteiger partial charge in [-0.3, -0.25) is 0 Å². The Kier molecular flexibility index (Phi) is 5.65. The largest absolute Gasteiger partial charge is 1.00 e.